The van der Waals surface area contributed by atoms with Gasteiger partial charge in [-0.15, -0.1) is 0 Å². The smallest absolute Gasteiger partial charge is 0.273 e. The Morgan fingerprint density at radius 2 is 1.90 bits per heavy atom. The Balaban J connectivity index is 2.42. The van der Waals surface area contributed by atoms with Crippen LogP contribution in [0.3, 0.4) is 0 Å². The molecule has 2 aromatic rings. The summed E-state index contributed by atoms with van der Waals surface area (Å²) in [4.78, 5) is 10.2. The quantitative estimate of drug-likeness (QED) is 0.677. The topological polar surface area (TPSA) is 81.8 Å². The maximum Gasteiger partial charge on any atom is 0.273 e. The number of methoxy groups -OCH3 is 1. The second-order valence-electron chi connectivity index (χ2n) is 4.10. The Hall–Kier alpha value is -2.67. The van der Waals surface area contributed by atoms with Gasteiger partial charge in [0.25, 0.3) is 5.69 Å². The van der Waals surface area contributed by atoms with Crippen molar-refractivity contribution < 1.29 is 23.9 Å². The summed E-state index contributed by atoms with van der Waals surface area (Å²) in [6.45, 7) is -0.426. The fraction of sp³-hybridized carbons (Fsp3) is 0.143. The number of rotatable bonds is 5. The van der Waals surface area contributed by atoms with Gasteiger partial charge in [-0.2, -0.15) is 0 Å². The summed E-state index contributed by atoms with van der Waals surface area (Å²) < 4.78 is 23.7. The Bertz CT molecular complexity index is 674. The van der Waals surface area contributed by atoms with Crippen LogP contribution in [0.4, 0.5) is 10.1 Å². The van der Waals surface area contributed by atoms with Gasteiger partial charge >= 0.3 is 0 Å². The van der Waals surface area contributed by atoms with Gasteiger partial charge in [-0.05, 0) is 24.3 Å². The van der Waals surface area contributed by atoms with Crippen LogP contribution in [0.25, 0.3) is 0 Å². The normalized spacial score (nSPS) is 10.2. The zero-order chi connectivity index (χ0) is 15.4. The first kappa shape index (κ1) is 14.7. The Labute approximate surface area is 119 Å². The molecule has 0 unspecified atom stereocenters. The third-order valence-electron chi connectivity index (χ3n) is 2.77. The summed E-state index contributed by atoms with van der Waals surface area (Å²) in [6.07, 6.45) is 0. The van der Waals surface area contributed by atoms with Crippen LogP contribution in [-0.4, -0.2) is 17.1 Å². The van der Waals surface area contributed by atoms with Crippen LogP contribution in [0.15, 0.2) is 36.4 Å². The van der Waals surface area contributed by atoms with E-state index in [2.05, 4.69) is 0 Å². The first-order valence-electron chi connectivity index (χ1n) is 5.94. The number of nitrogens with zero attached hydrogens (tertiary/aromatic N) is 1. The molecule has 0 aliphatic carbocycles. The van der Waals surface area contributed by atoms with Crippen LogP contribution < -0.4 is 9.47 Å². The molecule has 0 amide bonds. The van der Waals surface area contributed by atoms with E-state index >= 15 is 0 Å². The highest BCUT2D eigenvalue weighted by Gasteiger charge is 2.15. The lowest BCUT2D eigenvalue weighted by molar-refractivity contribution is -0.384. The van der Waals surface area contributed by atoms with Crippen LogP contribution in [0.1, 0.15) is 5.56 Å². The maximum absolute atomic E-state index is 13.1. The predicted molar refractivity (Wildman–Crippen MR) is 72.0 cm³/mol. The summed E-state index contributed by atoms with van der Waals surface area (Å²) in [5, 5.41) is 20.0. The summed E-state index contributed by atoms with van der Waals surface area (Å²) in [7, 11) is 1.39. The van der Waals surface area contributed by atoms with E-state index in [0.29, 0.717) is 0 Å². The number of non-ortho nitro benzene ring substituents is 1. The van der Waals surface area contributed by atoms with E-state index in [4.69, 9.17) is 9.47 Å². The molecule has 21 heavy (non-hydrogen) atoms. The summed E-state index contributed by atoms with van der Waals surface area (Å²) in [5.41, 5.74) is 0.0574. The number of benzene rings is 2. The number of nitro groups is 1. The average molecular weight is 293 g/mol. The molecule has 0 saturated carbocycles. The number of ether oxygens (including phenoxy) is 2. The van der Waals surface area contributed by atoms with E-state index in [1.807, 2.05) is 0 Å². The standard InChI is InChI=1S/C14H12FNO5/c1-20-13-5-3-11(16(18)19)7-14(13)21-12-4-2-10(15)6-9(12)8-17/h2-7,17H,8H2,1H3. The van der Waals surface area contributed by atoms with Crippen LogP contribution in [-0.2, 0) is 6.61 Å². The van der Waals surface area contributed by atoms with Crippen LogP contribution >= 0.6 is 0 Å². The molecule has 0 atom stereocenters. The van der Waals surface area contributed by atoms with Crippen molar-refractivity contribution in [2.45, 2.75) is 6.61 Å². The first-order chi connectivity index (χ1) is 10.0. The Morgan fingerprint density at radius 1 is 1.19 bits per heavy atom. The third-order valence-corrected chi connectivity index (χ3v) is 2.77. The highest BCUT2D eigenvalue weighted by molar-refractivity contribution is 5.51. The van der Waals surface area contributed by atoms with E-state index in [0.717, 1.165) is 6.07 Å². The van der Waals surface area contributed by atoms with Crippen LogP contribution in [0.5, 0.6) is 17.2 Å². The van der Waals surface area contributed by atoms with E-state index in [1.165, 1.54) is 37.4 Å². The number of aliphatic hydroxyl groups excluding tert-OH is 1. The number of nitro benzene ring substituents is 1. The maximum atomic E-state index is 13.1. The van der Waals surface area contributed by atoms with Crippen molar-refractivity contribution in [3.05, 3.63) is 57.9 Å². The van der Waals surface area contributed by atoms with Crippen molar-refractivity contribution in [2.75, 3.05) is 7.11 Å². The lowest BCUT2D eigenvalue weighted by Crippen LogP contribution is -1.96. The molecule has 0 bridgehead atoms. The molecule has 1 N–H and O–H groups in total. The fourth-order valence-electron chi connectivity index (χ4n) is 1.75. The van der Waals surface area contributed by atoms with Gasteiger partial charge in [0.1, 0.15) is 11.6 Å². The van der Waals surface area contributed by atoms with Crippen molar-refractivity contribution in [1.29, 1.82) is 0 Å². The van der Waals surface area contributed by atoms with Gasteiger partial charge in [-0.25, -0.2) is 4.39 Å². The van der Waals surface area contributed by atoms with Gasteiger partial charge < -0.3 is 14.6 Å². The number of halogens is 1. The van der Waals surface area contributed by atoms with Gasteiger partial charge in [0.2, 0.25) is 0 Å². The van der Waals surface area contributed by atoms with E-state index in [-0.39, 0.29) is 28.5 Å². The molecule has 110 valence electrons. The van der Waals surface area contributed by atoms with Crippen molar-refractivity contribution in [3.8, 4) is 17.2 Å². The molecule has 0 aliphatic heterocycles. The molecule has 0 fully saturated rings. The van der Waals surface area contributed by atoms with Crippen molar-refractivity contribution in [2.24, 2.45) is 0 Å². The first-order valence-corrected chi connectivity index (χ1v) is 5.94. The molecule has 0 aliphatic rings. The second-order valence-corrected chi connectivity index (χ2v) is 4.10. The number of hydrogen-bond acceptors (Lipinski definition) is 5. The van der Waals surface area contributed by atoms with E-state index in [1.54, 1.807) is 0 Å². The minimum atomic E-state index is -0.566. The highest BCUT2D eigenvalue weighted by atomic mass is 19.1. The minimum Gasteiger partial charge on any atom is -0.493 e. The number of hydrogen-bond donors (Lipinski definition) is 1. The Morgan fingerprint density at radius 3 is 2.52 bits per heavy atom. The lowest BCUT2D eigenvalue weighted by Gasteiger charge is -2.12. The molecular weight excluding hydrogens is 281 g/mol. The molecule has 6 nitrogen and oxygen atoms in total. The Kier molecular flexibility index (Phi) is 4.34. The molecule has 2 aromatic carbocycles. The SMILES string of the molecule is COc1ccc([N+](=O)[O-])cc1Oc1ccc(F)cc1CO. The zero-order valence-electron chi connectivity index (χ0n) is 11.1. The van der Waals surface area contributed by atoms with Gasteiger partial charge in [0, 0.05) is 11.6 Å². The van der Waals surface area contributed by atoms with Gasteiger partial charge in [-0.1, -0.05) is 0 Å². The molecule has 0 radical (unpaired) electrons. The van der Waals surface area contributed by atoms with E-state index < -0.39 is 17.3 Å². The summed E-state index contributed by atoms with van der Waals surface area (Å²) in [6, 6.07) is 7.50. The molecule has 2 rings (SSSR count). The molecule has 0 spiro atoms. The minimum absolute atomic E-state index is 0.105. The second kappa shape index (κ2) is 6.19. The van der Waals surface area contributed by atoms with Crippen molar-refractivity contribution >= 4 is 5.69 Å². The third kappa shape index (κ3) is 3.26. The molecular formula is C14H12FNO5. The molecule has 7 heteroatoms. The molecule has 0 saturated heterocycles. The predicted octanol–water partition coefficient (Wildman–Crippen LogP) is 3.03. The van der Waals surface area contributed by atoms with Crippen LogP contribution in [0.2, 0.25) is 0 Å². The van der Waals surface area contributed by atoms with Crippen molar-refractivity contribution in [1.82, 2.24) is 0 Å². The molecule has 0 heterocycles. The monoisotopic (exact) mass is 293 g/mol. The summed E-state index contributed by atoms with van der Waals surface area (Å²) >= 11 is 0. The largest absolute Gasteiger partial charge is 0.493 e. The van der Waals surface area contributed by atoms with Gasteiger partial charge in [-0.3, -0.25) is 10.1 Å². The highest BCUT2D eigenvalue weighted by Crippen LogP contribution is 2.36. The van der Waals surface area contributed by atoms with Gasteiger partial charge in [0.05, 0.1) is 24.7 Å². The van der Waals surface area contributed by atoms with Crippen molar-refractivity contribution in [3.63, 3.8) is 0 Å². The van der Waals surface area contributed by atoms with Crippen LogP contribution in [0, 0.1) is 15.9 Å². The lowest BCUT2D eigenvalue weighted by atomic mass is 10.2. The average Bonchev–Trinajstić information content (AvgIpc) is 2.48. The fourth-order valence-corrected chi connectivity index (χ4v) is 1.75. The molecule has 0 aromatic heterocycles. The van der Waals surface area contributed by atoms with E-state index in [9.17, 15) is 19.6 Å². The van der Waals surface area contributed by atoms with Gasteiger partial charge in [0.15, 0.2) is 11.5 Å². The summed E-state index contributed by atoms with van der Waals surface area (Å²) in [5.74, 6) is 0.0666. The zero-order valence-corrected chi connectivity index (χ0v) is 11.1. The number of aliphatic hydroxyl groups is 1.